The van der Waals surface area contributed by atoms with E-state index in [9.17, 15) is 4.79 Å². The third kappa shape index (κ3) is 3.18. The molecule has 5 nitrogen and oxygen atoms in total. The second-order valence-corrected chi connectivity index (χ2v) is 3.72. The van der Waals surface area contributed by atoms with Gasteiger partial charge in [0.15, 0.2) is 0 Å². The lowest BCUT2D eigenvalue weighted by Crippen LogP contribution is -2.25. The first-order chi connectivity index (χ1) is 8.79. The fourth-order valence-electron chi connectivity index (χ4n) is 1.55. The fraction of sp³-hybridized carbons (Fsp3) is 0.231. The van der Waals surface area contributed by atoms with Crippen LogP contribution in [-0.2, 0) is 16.1 Å². The van der Waals surface area contributed by atoms with Crippen molar-refractivity contribution in [2.75, 3.05) is 13.8 Å². The smallest absolute Gasteiger partial charge is 0.409 e. The van der Waals surface area contributed by atoms with E-state index in [0.717, 1.165) is 16.5 Å². The summed E-state index contributed by atoms with van der Waals surface area (Å²) in [7, 11) is 1.50. The standard InChI is InChI=1S/C13H14N2O3/c1-17-9-15-13(16)18-8-10-4-5-12-11(7-10)3-2-6-14-12/h2-7H,8-9H2,1H3,(H,15,16). The summed E-state index contributed by atoms with van der Waals surface area (Å²) in [6.45, 7) is 0.362. The molecule has 0 aliphatic heterocycles. The number of methoxy groups -OCH3 is 1. The number of fused-ring (bicyclic) bond motifs is 1. The predicted octanol–water partition coefficient (Wildman–Crippen LogP) is 2.06. The number of nitrogens with one attached hydrogen (secondary N) is 1. The average molecular weight is 246 g/mol. The summed E-state index contributed by atoms with van der Waals surface area (Å²) in [5.74, 6) is 0. The topological polar surface area (TPSA) is 60.5 Å². The van der Waals surface area contributed by atoms with Gasteiger partial charge in [0.1, 0.15) is 13.3 Å². The molecule has 5 heteroatoms. The van der Waals surface area contributed by atoms with Crippen LogP contribution in [0.1, 0.15) is 5.56 Å². The lowest BCUT2D eigenvalue weighted by Gasteiger charge is -2.06. The van der Waals surface area contributed by atoms with Gasteiger partial charge in [-0.2, -0.15) is 0 Å². The van der Waals surface area contributed by atoms with Crippen molar-refractivity contribution in [3.63, 3.8) is 0 Å². The molecular formula is C13H14N2O3. The predicted molar refractivity (Wildman–Crippen MR) is 66.9 cm³/mol. The highest BCUT2D eigenvalue weighted by Crippen LogP contribution is 2.13. The highest BCUT2D eigenvalue weighted by atomic mass is 16.6. The Morgan fingerprint density at radius 3 is 3.11 bits per heavy atom. The van der Waals surface area contributed by atoms with Crippen LogP contribution >= 0.6 is 0 Å². The van der Waals surface area contributed by atoms with E-state index in [-0.39, 0.29) is 13.3 Å². The van der Waals surface area contributed by atoms with E-state index in [1.54, 1.807) is 6.20 Å². The number of hydrogen-bond donors (Lipinski definition) is 1. The van der Waals surface area contributed by atoms with Crippen LogP contribution < -0.4 is 5.32 Å². The molecule has 1 heterocycles. The van der Waals surface area contributed by atoms with Crippen molar-refractivity contribution in [2.24, 2.45) is 0 Å². The Morgan fingerprint density at radius 2 is 2.28 bits per heavy atom. The van der Waals surface area contributed by atoms with Crippen LogP contribution in [0.4, 0.5) is 4.79 Å². The molecule has 0 unspecified atom stereocenters. The molecule has 1 N–H and O–H groups in total. The van der Waals surface area contributed by atoms with Gasteiger partial charge in [-0.05, 0) is 23.8 Å². The van der Waals surface area contributed by atoms with Crippen molar-refractivity contribution in [3.8, 4) is 0 Å². The monoisotopic (exact) mass is 246 g/mol. The number of aromatic nitrogens is 1. The van der Waals surface area contributed by atoms with Crippen molar-refractivity contribution < 1.29 is 14.3 Å². The van der Waals surface area contributed by atoms with E-state index in [0.29, 0.717) is 0 Å². The third-order valence-corrected chi connectivity index (χ3v) is 2.40. The zero-order valence-corrected chi connectivity index (χ0v) is 10.1. The van der Waals surface area contributed by atoms with Crippen LogP contribution in [0.15, 0.2) is 36.5 Å². The molecular weight excluding hydrogens is 232 g/mol. The minimum Gasteiger partial charge on any atom is -0.445 e. The Bertz CT molecular complexity index is 543. The lowest BCUT2D eigenvalue weighted by atomic mass is 10.1. The zero-order chi connectivity index (χ0) is 12.8. The number of alkyl carbamates (subject to hydrolysis) is 1. The van der Waals surface area contributed by atoms with Crippen molar-refractivity contribution in [1.29, 1.82) is 0 Å². The summed E-state index contributed by atoms with van der Waals surface area (Å²) < 4.78 is 9.73. The number of pyridine rings is 1. The van der Waals surface area contributed by atoms with Crippen molar-refractivity contribution in [1.82, 2.24) is 10.3 Å². The average Bonchev–Trinajstić information content (AvgIpc) is 2.42. The van der Waals surface area contributed by atoms with E-state index in [2.05, 4.69) is 10.3 Å². The van der Waals surface area contributed by atoms with Crippen LogP contribution in [0.25, 0.3) is 10.9 Å². The van der Waals surface area contributed by atoms with Gasteiger partial charge in [-0.25, -0.2) is 4.79 Å². The van der Waals surface area contributed by atoms with Gasteiger partial charge in [0.05, 0.1) is 5.52 Å². The number of rotatable bonds is 4. The van der Waals surface area contributed by atoms with Crippen LogP contribution in [0, 0.1) is 0 Å². The molecule has 0 radical (unpaired) electrons. The normalized spacial score (nSPS) is 10.3. The van der Waals surface area contributed by atoms with E-state index < -0.39 is 6.09 Å². The Hall–Kier alpha value is -2.14. The molecule has 0 fully saturated rings. The van der Waals surface area contributed by atoms with E-state index in [1.807, 2.05) is 30.3 Å². The quantitative estimate of drug-likeness (QED) is 0.839. The van der Waals surface area contributed by atoms with Gasteiger partial charge >= 0.3 is 6.09 Å². The Labute approximate surface area is 105 Å². The minimum atomic E-state index is -0.497. The molecule has 0 saturated carbocycles. The first-order valence-corrected chi connectivity index (χ1v) is 5.53. The zero-order valence-electron chi connectivity index (χ0n) is 10.1. The Kier molecular flexibility index (Phi) is 4.09. The van der Waals surface area contributed by atoms with Gasteiger partial charge in [-0.15, -0.1) is 0 Å². The molecule has 2 aromatic rings. The summed E-state index contributed by atoms with van der Waals surface area (Å²) in [5, 5.41) is 3.47. The molecule has 18 heavy (non-hydrogen) atoms. The molecule has 0 aliphatic rings. The first kappa shape index (κ1) is 12.3. The molecule has 0 aliphatic carbocycles. The van der Waals surface area contributed by atoms with Crippen molar-refractivity contribution in [3.05, 3.63) is 42.1 Å². The highest BCUT2D eigenvalue weighted by Gasteiger charge is 2.02. The molecule has 1 aromatic carbocycles. The summed E-state index contributed by atoms with van der Waals surface area (Å²) in [6.07, 6.45) is 1.25. The molecule has 0 atom stereocenters. The number of hydrogen-bond acceptors (Lipinski definition) is 4. The van der Waals surface area contributed by atoms with E-state index >= 15 is 0 Å². The maximum absolute atomic E-state index is 11.2. The number of nitrogens with zero attached hydrogens (tertiary/aromatic N) is 1. The second kappa shape index (κ2) is 5.97. The molecule has 0 saturated heterocycles. The lowest BCUT2D eigenvalue weighted by molar-refractivity contribution is 0.115. The molecule has 2 rings (SSSR count). The third-order valence-electron chi connectivity index (χ3n) is 2.40. The van der Waals surface area contributed by atoms with E-state index in [1.165, 1.54) is 7.11 Å². The van der Waals surface area contributed by atoms with Crippen LogP contribution in [0.2, 0.25) is 0 Å². The summed E-state index contributed by atoms with van der Waals surface area (Å²) >= 11 is 0. The molecule has 0 spiro atoms. The van der Waals surface area contributed by atoms with Crippen LogP contribution in [-0.4, -0.2) is 24.9 Å². The summed E-state index contributed by atoms with van der Waals surface area (Å²) in [4.78, 5) is 15.4. The molecule has 0 bridgehead atoms. The largest absolute Gasteiger partial charge is 0.445 e. The first-order valence-electron chi connectivity index (χ1n) is 5.53. The second-order valence-electron chi connectivity index (χ2n) is 3.72. The van der Waals surface area contributed by atoms with Gasteiger partial charge in [0.2, 0.25) is 0 Å². The number of carbonyl (C=O) groups is 1. The SMILES string of the molecule is COCNC(=O)OCc1ccc2ncccc2c1. The van der Waals surface area contributed by atoms with Crippen LogP contribution in [0.3, 0.4) is 0 Å². The highest BCUT2D eigenvalue weighted by molar-refractivity contribution is 5.78. The summed E-state index contributed by atoms with van der Waals surface area (Å²) in [5.41, 5.74) is 1.84. The Balaban J connectivity index is 1.97. The van der Waals surface area contributed by atoms with Gasteiger partial charge in [-0.3, -0.25) is 10.3 Å². The van der Waals surface area contributed by atoms with Crippen molar-refractivity contribution >= 4 is 17.0 Å². The van der Waals surface area contributed by atoms with E-state index in [4.69, 9.17) is 9.47 Å². The van der Waals surface area contributed by atoms with Crippen molar-refractivity contribution in [2.45, 2.75) is 6.61 Å². The van der Waals surface area contributed by atoms with Gasteiger partial charge < -0.3 is 9.47 Å². The van der Waals surface area contributed by atoms with Gasteiger partial charge in [0.25, 0.3) is 0 Å². The number of benzene rings is 1. The Morgan fingerprint density at radius 1 is 1.39 bits per heavy atom. The number of ether oxygens (including phenoxy) is 2. The number of carbonyl (C=O) groups excluding carboxylic acids is 1. The maximum Gasteiger partial charge on any atom is 0.409 e. The summed E-state index contributed by atoms with van der Waals surface area (Å²) in [6, 6.07) is 9.58. The fourth-order valence-corrected chi connectivity index (χ4v) is 1.55. The molecule has 1 aromatic heterocycles. The molecule has 94 valence electrons. The number of amides is 1. The minimum absolute atomic E-state index is 0.139. The van der Waals surface area contributed by atoms with Gasteiger partial charge in [-0.1, -0.05) is 12.1 Å². The van der Waals surface area contributed by atoms with Gasteiger partial charge in [0, 0.05) is 18.7 Å². The molecule has 1 amide bonds. The van der Waals surface area contributed by atoms with Crippen LogP contribution in [0.5, 0.6) is 0 Å². The maximum atomic E-state index is 11.2.